The molecule has 3 rings (SSSR count). The van der Waals surface area contributed by atoms with E-state index < -0.39 is 5.25 Å². The van der Waals surface area contributed by atoms with Gasteiger partial charge in [-0.2, -0.15) is 0 Å². The van der Waals surface area contributed by atoms with Crippen LogP contribution in [0.15, 0.2) is 64.1 Å². The number of aliphatic imine (C=N–C) groups is 1. The van der Waals surface area contributed by atoms with Gasteiger partial charge in [0.25, 0.3) is 0 Å². The summed E-state index contributed by atoms with van der Waals surface area (Å²) in [6, 6.07) is 16.6. The smallest absolute Gasteiger partial charge is 0.238 e. The highest BCUT2D eigenvalue weighted by atomic mass is 79.9. The lowest BCUT2D eigenvalue weighted by molar-refractivity contribution is -0.123. The van der Waals surface area contributed by atoms with E-state index in [4.69, 9.17) is 0 Å². The molecule has 2 aromatic rings. The number of hydrogen-bond acceptors (Lipinski definition) is 4. The molecular formula is C17H14BrN3O2S. The highest BCUT2D eigenvalue weighted by molar-refractivity contribution is 9.10. The first kappa shape index (κ1) is 16.7. The summed E-state index contributed by atoms with van der Waals surface area (Å²) in [6.45, 7) is 0. The first-order valence-electron chi connectivity index (χ1n) is 7.27. The quantitative estimate of drug-likeness (QED) is 0.820. The molecule has 1 aliphatic rings. The second-order valence-corrected chi connectivity index (χ2v) is 7.21. The predicted octanol–water partition coefficient (Wildman–Crippen LogP) is 3.70. The Bertz CT molecular complexity index is 778. The fraction of sp³-hybridized carbons (Fsp3) is 0.118. The van der Waals surface area contributed by atoms with Gasteiger partial charge in [0.15, 0.2) is 5.17 Å². The van der Waals surface area contributed by atoms with Crippen molar-refractivity contribution in [1.29, 1.82) is 0 Å². The predicted molar refractivity (Wildman–Crippen MR) is 100 cm³/mol. The van der Waals surface area contributed by atoms with Gasteiger partial charge in [-0.05, 0) is 36.4 Å². The van der Waals surface area contributed by atoms with Crippen molar-refractivity contribution in [2.45, 2.75) is 11.7 Å². The number of rotatable bonds is 3. The maximum atomic E-state index is 12.4. The number of halogens is 1. The third-order valence-corrected chi connectivity index (χ3v) is 4.87. The van der Waals surface area contributed by atoms with Crippen molar-refractivity contribution in [3.63, 3.8) is 0 Å². The minimum Gasteiger partial charge on any atom is -0.325 e. The van der Waals surface area contributed by atoms with E-state index in [1.54, 1.807) is 12.1 Å². The Morgan fingerprint density at radius 1 is 1.17 bits per heavy atom. The normalized spacial score (nSPS) is 19.0. The standard InChI is InChI=1S/C17H14BrN3O2S/c18-11-6-8-13(9-7-11)19-16(23)14-10-15(22)21-17(24-14)20-12-4-2-1-3-5-12/h1-9,14H,10H2,(H,19,23)(H,20,21,22)/t14-/m0/s1. The molecule has 0 aliphatic carbocycles. The van der Waals surface area contributed by atoms with Gasteiger partial charge < -0.3 is 10.6 Å². The van der Waals surface area contributed by atoms with E-state index in [9.17, 15) is 9.59 Å². The first-order valence-corrected chi connectivity index (χ1v) is 8.94. The minimum absolute atomic E-state index is 0.126. The minimum atomic E-state index is -0.509. The number of carbonyl (C=O) groups is 2. The maximum Gasteiger partial charge on any atom is 0.238 e. The summed E-state index contributed by atoms with van der Waals surface area (Å²) < 4.78 is 0.934. The van der Waals surface area contributed by atoms with Gasteiger partial charge in [-0.15, -0.1) is 0 Å². The summed E-state index contributed by atoms with van der Waals surface area (Å²) in [6.07, 6.45) is 0.126. The number of amides is 2. The number of hydrogen-bond donors (Lipinski definition) is 2. The molecular weight excluding hydrogens is 390 g/mol. The number of nitrogens with zero attached hydrogens (tertiary/aromatic N) is 1. The molecule has 0 aromatic heterocycles. The molecule has 24 heavy (non-hydrogen) atoms. The third-order valence-electron chi connectivity index (χ3n) is 3.26. The zero-order chi connectivity index (χ0) is 16.9. The largest absolute Gasteiger partial charge is 0.325 e. The van der Waals surface area contributed by atoms with E-state index >= 15 is 0 Å². The highest BCUT2D eigenvalue weighted by Crippen LogP contribution is 2.25. The molecule has 7 heteroatoms. The lowest BCUT2D eigenvalue weighted by Crippen LogP contribution is -2.41. The summed E-state index contributed by atoms with van der Waals surface area (Å²) in [5.41, 5.74) is 1.42. The van der Waals surface area contributed by atoms with Crippen LogP contribution in [0.5, 0.6) is 0 Å². The second-order valence-electron chi connectivity index (χ2n) is 5.11. The molecule has 1 saturated heterocycles. The average Bonchev–Trinajstić information content (AvgIpc) is 2.57. The molecule has 1 fully saturated rings. The number of amidine groups is 1. The molecule has 1 aliphatic heterocycles. The van der Waals surface area contributed by atoms with Crippen LogP contribution in [0.1, 0.15) is 6.42 Å². The topological polar surface area (TPSA) is 70.6 Å². The van der Waals surface area contributed by atoms with Crippen LogP contribution in [-0.4, -0.2) is 22.2 Å². The number of nitrogens with one attached hydrogen (secondary N) is 2. The number of anilines is 1. The molecule has 2 aromatic carbocycles. The zero-order valence-electron chi connectivity index (χ0n) is 12.5. The zero-order valence-corrected chi connectivity index (χ0v) is 14.9. The third kappa shape index (κ3) is 4.46. The molecule has 1 heterocycles. The van der Waals surface area contributed by atoms with Crippen LogP contribution < -0.4 is 10.6 Å². The fourth-order valence-corrected chi connectivity index (χ4v) is 3.39. The van der Waals surface area contributed by atoms with Crippen molar-refractivity contribution in [2.24, 2.45) is 4.99 Å². The number of thioether (sulfide) groups is 1. The Balaban J connectivity index is 1.71. The van der Waals surface area contributed by atoms with E-state index in [-0.39, 0.29) is 18.2 Å². The van der Waals surface area contributed by atoms with Crippen LogP contribution in [-0.2, 0) is 9.59 Å². The molecule has 122 valence electrons. The molecule has 0 spiro atoms. The van der Waals surface area contributed by atoms with E-state index in [0.29, 0.717) is 10.9 Å². The van der Waals surface area contributed by atoms with Crippen LogP contribution in [0.4, 0.5) is 11.4 Å². The molecule has 0 radical (unpaired) electrons. The summed E-state index contributed by atoms with van der Waals surface area (Å²) in [5.74, 6) is -0.419. The van der Waals surface area contributed by atoms with E-state index in [2.05, 4.69) is 31.6 Å². The molecule has 0 saturated carbocycles. The van der Waals surface area contributed by atoms with Crippen LogP contribution in [0.25, 0.3) is 0 Å². The van der Waals surface area contributed by atoms with Crippen molar-refractivity contribution >= 4 is 56.0 Å². The van der Waals surface area contributed by atoms with E-state index in [1.807, 2.05) is 42.5 Å². The second kappa shape index (κ2) is 7.63. The summed E-state index contributed by atoms with van der Waals surface area (Å²) in [7, 11) is 0. The van der Waals surface area contributed by atoms with Gasteiger partial charge in [0.1, 0.15) is 5.25 Å². The first-order chi connectivity index (χ1) is 11.6. The van der Waals surface area contributed by atoms with Gasteiger partial charge in [-0.3, -0.25) is 9.59 Å². The van der Waals surface area contributed by atoms with Gasteiger partial charge in [0.05, 0.1) is 5.69 Å². The van der Waals surface area contributed by atoms with Crippen molar-refractivity contribution < 1.29 is 9.59 Å². The van der Waals surface area contributed by atoms with E-state index in [0.717, 1.165) is 10.2 Å². The number of para-hydroxylation sites is 1. The van der Waals surface area contributed by atoms with Crippen molar-refractivity contribution in [3.8, 4) is 0 Å². The fourth-order valence-electron chi connectivity index (χ4n) is 2.12. The Hall–Kier alpha value is -2.12. The number of benzene rings is 2. The Morgan fingerprint density at radius 3 is 2.58 bits per heavy atom. The molecule has 0 bridgehead atoms. The van der Waals surface area contributed by atoms with Crippen molar-refractivity contribution in [2.75, 3.05) is 5.32 Å². The Morgan fingerprint density at radius 2 is 1.88 bits per heavy atom. The molecule has 1 atom stereocenters. The van der Waals surface area contributed by atoms with Crippen molar-refractivity contribution in [1.82, 2.24) is 5.32 Å². The van der Waals surface area contributed by atoms with Gasteiger partial charge in [-0.25, -0.2) is 4.99 Å². The molecule has 2 N–H and O–H groups in total. The lowest BCUT2D eigenvalue weighted by atomic mass is 10.2. The van der Waals surface area contributed by atoms with Gasteiger partial charge in [0, 0.05) is 16.6 Å². The van der Waals surface area contributed by atoms with Gasteiger partial charge in [0.2, 0.25) is 11.8 Å². The Labute approximate surface area is 152 Å². The molecule has 5 nitrogen and oxygen atoms in total. The summed E-state index contributed by atoms with van der Waals surface area (Å²) in [5, 5.41) is 5.47. The van der Waals surface area contributed by atoms with Gasteiger partial charge >= 0.3 is 0 Å². The van der Waals surface area contributed by atoms with Crippen LogP contribution in [0.3, 0.4) is 0 Å². The summed E-state index contributed by atoms with van der Waals surface area (Å²) >= 11 is 4.61. The molecule has 2 amide bonds. The van der Waals surface area contributed by atoms with Crippen LogP contribution in [0, 0.1) is 0 Å². The molecule has 0 unspecified atom stereocenters. The van der Waals surface area contributed by atoms with Crippen LogP contribution >= 0.6 is 27.7 Å². The van der Waals surface area contributed by atoms with Crippen molar-refractivity contribution in [3.05, 3.63) is 59.1 Å². The SMILES string of the molecule is O=C1C[C@@H](C(=O)Nc2ccc(Br)cc2)SC(=Nc2ccccc2)N1. The average molecular weight is 404 g/mol. The Kier molecular flexibility index (Phi) is 5.32. The lowest BCUT2D eigenvalue weighted by Gasteiger charge is -2.22. The highest BCUT2D eigenvalue weighted by Gasteiger charge is 2.30. The summed E-state index contributed by atoms with van der Waals surface area (Å²) in [4.78, 5) is 28.7. The monoisotopic (exact) mass is 403 g/mol. The van der Waals surface area contributed by atoms with Gasteiger partial charge in [-0.1, -0.05) is 45.9 Å². The maximum absolute atomic E-state index is 12.4. The van der Waals surface area contributed by atoms with E-state index in [1.165, 1.54) is 11.8 Å². The van der Waals surface area contributed by atoms with Crippen LogP contribution in [0.2, 0.25) is 0 Å². The number of carbonyl (C=O) groups excluding carboxylic acids is 2.